The summed E-state index contributed by atoms with van der Waals surface area (Å²) >= 11 is 0. The second-order valence-corrected chi connectivity index (χ2v) is 7.73. The third-order valence-electron chi connectivity index (χ3n) is 5.14. The van der Waals surface area contributed by atoms with E-state index in [1.165, 1.54) is 5.57 Å². The van der Waals surface area contributed by atoms with E-state index >= 15 is 0 Å². The van der Waals surface area contributed by atoms with Crippen LogP contribution in [0.4, 0.5) is 0 Å². The van der Waals surface area contributed by atoms with Crippen molar-refractivity contribution >= 4 is 5.96 Å². The molecule has 6 heteroatoms. The summed E-state index contributed by atoms with van der Waals surface area (Å²) in [6.45, 7) is 11.8. The highest BCUT2D eigenvalue weighted by atomic mass is 16.5. The van der Waals surface area contributed by atoms with Gasteiger partial charge in [0.2, 0.25) is 0 Å². The van der Waals surface area contributed by atoms with Crippen molar-refractivity contribution in [2.45, 2.75) is 51.2 Å². The van der Waals surface area contributed by atoms with Gasteiger partial charge in [-0.1, -0.05) is 12.2 Å². The first-order valence-electron chi connectivity index (χ1n) is 10.2. The Bertz CT molecular complexity index is 585. The zero-order chi connectivity index (χ0) is 18.9. The third-order valence-corrected chi connectivity index (χ3v) is 5.14. The molecule has 0 aliphatic carbocycles. The smallest absolute Gasteiger partial charge is 0.191 e. The average molecular weight is 375 g/mol. The molecule has 6 nitrogen and oxygen atoms in total. The molecule has 3 rings (SSSR count). The fourth-order valence-electron chi connectivity index (χ4n) is 3.70. The van der Waals surface area contributed by atoms with Gasteiger partial charge in [0, 0.05) is 45.2 Å². The Labute approximate surface area is 163 Å². The van der Waals surface area contributed by atoms with Crippen LogP contribution >= 0.6 is 0 Å². The average Bonchev–Trinajstić information content (AvgIpc) is 3.34. The summed E-state index contributed by atoms with van der Waals surface area (Å²) in [5, 5.41) is 7.11. The lowest BCUT2D eigenvalue weighted by atomic mass is 10.0. The van der Waals surface area contributed by atoms with Crippen molar-refractivity contribution in [1.29, 1.82) is 0 Å². The molecule has 1 unspecified atom stereocenters. The normalized spacial score (nSPS) is 22.1. The fraction of sp³-hybridized carbons (Fsp3) is 0.667. The number of furan rings is 1. The second kappa shape index (κ2) is 10.5. The molecule has 3 heterocycles. The molecule has 2 aliphatic heterocycles. The summed E-state index contributed by atoms with van der Waals surface area (Å²) in [5.41, 5.74) is 1.24. The minimum atomic E-state index is 0.270. The highest BCUT2D eigenvalue weighted by molar-refractivity contribution is 5.80. The van der Waals surface area contributed by atoms with Crippen LogP contribution in [-0.2, 0) is 11.2 Å². The van der Waals surface area contributed by atoms with Crippen molar-refractivity contribution in [3.63, 3.8) is 0 Å². The summed E-state index contributed by atoms with van der Waals surface area (Å²) in [7, 11) is 0. The molecule has 1 aromatic heterocycles. The molecule has 1 aromatic rings. The molecule has 0 amide bonds. The Kier molecular flexibility index (Phi) is 7.78. The van der Waals surface area contributed by atoms with E-state index in [0.29, 0.717) is 6.04 Å². The number of aliphatic imine (C=N–C) groups is 1. The van der Waals surface area contributed by atoms with Crippen LogP contribution in [0, 0.1) is 0 Å². The van der Waals surface area contributed by atoms with Crippen molar-refractivity contribution < 1.29 is 9.15 Å². The van der Waals surface area contributed by atoms with Gasteiger partial charge in [-0.2, -0.15) is 0 Å². The van der Waals surface area contributed by atoms with Gasteiger partial charge in [0.05, 0.1) is 18.9 Å². The fourth-order valence-corrected chi connectivity index (χ4v) is 3.70. The number of likely N-dealkylation sites (tertiary alicyclic amines) is 1. The van der Waals surface area contributed by atoms with E-state index in [1.807, 2.05) is 12.1 Å². The Morgan fingerprint density at radius 2 is 2.19 bits per heavy atom. The summed E-state index contributed by atoms with van der Waals surface area (Å²) in [6, 6.07) is 4.40. The lowest BCUT2D eigenvalue weighted by molar-refractivity contribution is 0.117. The van der Waals surface area contributed by atoms with Gasteiger partial charge >= 0.3 is 0 Å². The quantitative estimate of drug-likeness (QED) is 0.416. The van der Waals surface area contributed by atoms with E-state index < -0.39 is 0 Å². The number of hydrogen-bond donors (Lipinski definition) is 2. The number of guanidine groups is 1. The maximum atomic E-state index is 5.72. The molecule has 1 atom stereocenters. The minimum Gasteiger partial charge on any atom is -0.469 e. The molecule has 150 valence electrons. The molecule has 2 N–H and O–H groups in total. The minimum absolute atomic E-state index is 0.270. The van der Waals surface area contributed by atoms with Crippen molar-refractivity contribution in [2.24, 2.45) is 4.99 Å². The molecule has 0 spiro atoms. The lowest BCUT2D eigenvalue weighted by Crippen LogP contribution is -2.49. The topological polar surface area (TPSA) is 62.0 Å². The number of hydrogen-bond acceptors (Lipinski definition) is 4. The maximum absolute atomic E-state index is 5.72. The third kappa shape index (κ3) is 7.03. The van der Waals surface area contributed by atoms with Gasteiger partial charge in [-0.15, -0.1) is 0 Å². The van der Waals surface area contributed by atoms with Crippen LogP contribution in [0.5, 0.6) is 0 Å². The van der Waals surface area contributed by atoms with Crippen LogP contribution < -0.4 is 10.6 Å². The zero-order valence-electron chi connectivity index (χ0n) is 16.6. The SMILES string of the molecule is C=C(C)CN1CCC(NC(=NCC2CCCO2)NCCc2ccco2)CC1. The van der Waals surface area contributed by atoms with Gasteiger partial charge in [0.15, 0.2) is 5.96 Å². The Balaban J connectivity index is 1.47. The van der Waals surface area contributed by atoms with Crippen LogP contribution in [0.2, 0.25) is 0 Å². The van der Waals surface area contributed by atoms with Gasteiger partial charge < -0.3 is 19.8 Å². The molecular formula is C21H34N4O2. The number of nitrogens with zero attached hydrogens (tertiary/aromatic N) is 2. The van der Waals surface area contributed by atoms with Crippen molar-refractivity contribution in [3.05, 3.63) is 36.3 Å². The zero-order valence-corrected chi connectivity index (χ0v) is 16.6. The van der Waals surface area contributed by atoms with Crippen LogP contribution in [0.3, 0.4) is 0 Å². The van der Waals surface area contributed by atoms with Gasteiger partial charge in [0.25, 0.3) is 0 Å². The van der Waals surface area contributed by atoms with Crippen molar-refractivity contribution in [2.75, 3.05) is 39.3 Å². The van der Waals surface area contributed by atoms with E-state index in [2.05, 4.69) is 29.0 Å². The Morgan fingerprint density at radius 1 is 1.33 bits per heavy atom. The molecule has 27 heavy (non-hydrogen) atoms. The Morgan fingerprint density at radius 3 is 2.85 bits per heavy atom. The number of ether oxygens (including phenoxy) is 1. The first kappa shape index (κ1) is 20.0. The molecule has 2 fully saturated rings. The van der Waals surface area contributed by atoms with Crippen LogP contribution in [0.25, 0.3) is 0 Å². The highest BCUT2D eigenvalue weighted by Gasteiger charge is 2.20. The van der Waals surface area contributed by atoms with Gasteiger partial charge in [0.1, 0.15) is 5.76 Å². The second-order valence-electron chi connectivity index (χ2n) is 7.73. The number of rotatable bonds is 8. The van der Waals surface area contributed by atoms with Crippen molar-refractivity contribution in [3.8, 4) is 0 Å². The molecule has 0 aromatic carbocycles. The summed E-state index contributed by atoms with van der Waals surface area (Å²) in [4.78, 5) is 7.28. The first-order chi connectivity index (χ1) is 13.2. The van der Waals surface area contributed by atoms with E-state index in [0.717, 1.165) is 83.2 Å². The largest absolute Gasteiger partial charge is 0.469 e. The van der Waals surface area contributed by atoms with Crippen LogP contribution in [0.1, 0.15) is 38.4 Å². The van der Waals surface area contributed by atoms with Gasteiger partial charge in [-0.05, 0) is 44.7 Å². The predicted molar refractivity (Wildman–Crippen MR) is 109 cm³/mol. The van der Waals surface area contributed by atoms with E-state index in [-0.39, 0.29) is 6.10 Å². The van der Waals surface area contributed by atoms with Crippen molar-refractivity contribution in [1.82, 2.24) is 15.5 Å². The Hall–Kier alpha value is -1.79. The van der Waals surface area contributed by atoms with Crippen LogP contribution in [-0.4, -0.2) is 62.3 Å². The molecule has 0 bridgehead atoms. The number of nitrogens with one attached hydrogen (secondary N) is 2. The van der Waals surface area contributed by atoms with Gasteiger partial charge in [-0.3, -0.25) is 9.89 Å². The first-order valence-corrected chi connectivity index (χ1v) is 10.2. The maximum Gasteiger partial charge on any atom is 0.191 e. The molecule has 2 aliphatic rings. The molecule has 0 radical (unpaired) electrons. The van der Waals surface area contributed by atoms with Gasteiger partial charge in [-0.25, -0.2) is 0 Å². The van der Waals surface area contributed by atoms with Crippen LogP contribution in [0.15, 0.2) is 40.0 Å². The monoisotopic (exact) mass is 374 g/mol. The molecule has 2 saturated heterocycles. The highest BCUT2D eigenvalue weighted by Crippen LogP contribution is 2.13. The predicted octanol–water partition coefficient (Wildman–Crippen LogP) is 2.58. The summed E-state index contributed by atoms with van der Waals surface area (Å²) in [5.74, 6) is 1.89. The van der Waals surface area contributed by atoms with E-state index in [1.54, 1.807) is 6.26 Å². The molecular weight excluding hydrogens is 340 g/mol. The van der Waals surface area contributed by atoms with E-state index in [4.69, 9.17) is 14.1 Å². The van der Waals surface area contributed by atoms with E-state index in [9.17, 15) is 0 Å². The summed E-state index contributed by atoms with van der Waals surface area (Å²) < 4.78 is 11.1. The standard InChI is InChI=1S/C21H34N4O2/c1-17(2)16-25-11-8-18(9-12-25)24-21(23-15-20-6-4-14-27-20)22-10-7-19-5-3-13-26-19/h3,5,13,18,20H,1,4,6-12,14-16H2,2H3,(H2,22,23,24). The lowest BCUT2D eigenvalue weighted by Gasteiger charge is -2.33. The number of piperidine rings is 1. The summed E-state index contributed by atoms with van der Waals surface area (Å²) in [6.07, 6.45) is 7.37. The molecule has 0 saturated carbocycles.